The van der Waals surface area contributed by atoms with Gasteiger partial charge >= 0.3 is 5.97 Å². The zero-order valence-corrected chi connectivity index (χ0v) is 25.5. The summed E-state index contributed by atoms with van der Waals surface area (Å²) in [4.78, 5) is 73.1. The Bertz CT molecular complexity index is 2180. The van der Waals surface area contributed by atoms with E-state index in [2.05, 4.69) is 13.5 Å². The van der Waals surface area contributed by atoms with Crippen LogP contribution in [0.4, 0.5) is 0 Å². The second-order valence-corrected chi connectivity index (χ2v) is 12.1. The van der Waals surface area contributed by atoms with E-state index in [4.69, 9.17) is 4.84 Å². The molecular weight excluding hydrogens is 568 g/mol. The van der Waals surface area contributed by atoms with Crippen LogP contribution >= 0.6 is 0 Å². The molecule has 0 spiro atoms. The Morgan fingerprint density at radius 2 is 1.16 bits per heavy atom. The minimum atomic E-state index is -0.915. The molecule has 0 saturated carbocycles. The van der Waals surface area contributed by atoms with Crippen LogP contribution in [-0.4, -0.2) is 46.1 Å². The predicted molar refractivity (Wildman–Crippen MR) is 173 cm³/mol. The summed E-state index contributed by atoms with van der Waals surface area (Å²) in [7, 11) is 0. The molecule has 4 amide bonds. The third-order valence-electron chi connectivity index (χ3n) is 9.36. The summed E-state index contributed by atoms with van der Waals surface area (Å²) < 4.78 is 0. The van der Waals surface area contributed by atoms with Gasteiger partial charge in [-0.25, -0.2) is 4.79 Å². The first-order valence-electron chi connectivity index (χ1n) is 15.5. The second kappa shape index (κ2) is 10.5. The number of carbonyl (C=O) groups is 5. The van der Waals surface area contributed by atoms with E-state index in [1.54, 1.807) is 18.2 Å². The number of hydroxylamine groups is 2. The Labute approximate surface area is 259 Å². The smallest absolute Gasteiger partial charge is 0.325 e. The van der Waals surface area contributed by atoms with Gasteiger partial charge in [0.1, 0.15) is 0 Å². The molecule has 2 heterocycles. The number of nitrogens with zero attached hydrogens (tertiary/aromatic N) is 2. The van der Waals surface area contributed by atoms with Crippen LogP contribution < -0.4 is 0 Å². The van der Waals surface area contributed by atoms with E-state index in [1.807, 2.05) is 32.0 Å². The number of hydrogen-bond donors (Lipinski definition) is 0. The summed E-state index contributed by atoms with van der Waals surface area (Å²) in [5.41, 5.74) is 3.15. The maximum atomic E-state index is 13.9. The monoisotopic (exact) mass is 600 g/mol. The zero-order chi connectivity index (χ0) is 31.7. The average molecular weight is 601 g/mol. The zero-order valence-electron chi connectivity index (χ0n) is 25.5. The van der Waals surface area contributed by atoms with Gasteiger partial charge in [0.2, 0.25) is 0 Å². The fourth-order valence-corrected chi connectivity index (χ4v) is 7.36. The summed E-state index contributed by atoms with van der Waals surface area (Å²) in [6.45, 7) is 9.76. The van der Waals surface area contributed by atoms with Gasteiger partial charge in [-0.1, -0.05) is 62.8 Å². The van der Waals surface area contributed by atoms with Crippen molar-refractivity contribution in [3.05, 3.63) is 82.4 Å². The van der Waals surface area contributed by atoms with Gasteiger partial charge in [-0.3, -0.25) is 24.1 Å². The molecule has 2 aliphatic heterocycles. The normalized spacial score (nSPS) is 14.6. The van der Waals surface area contributed by atoms with Crippen LogP contribution in [0.2, 0.25) is 0 Å². The number of hydrogen-bond acceptors (Lipinski definition) is 6. The third-order valence-corrected chi connectivity index (χ3v) is 9.36. The molecule has 0 atom stereocenters. The highest BCUT2D eigenvalue weighted by atomic mass is 16.7. The van der Waals surface area contributed by atoms with Crippen LogP contribution in [0.1, 0.15) is 98.0 Å². The van der Waals surface area contributed by atoms with Gasteiger partial charge in [0.15, 0.2) is 0 Å². The van der Waals surface area contributed by atoms with Crippen molar-refractivity contribution >= 4 is 72.7 Å². The summed E-state index contributed by atoms with van der Waals surface area (Å²) in [6, 6.07) is 10.8. The van der Waals surface area contributed by atoms with E-state index in [1.165, 1.54) is 11.3 Å². The molecular formula is C37H32N2O6. The molecule has 0 bridgehead atoms. The number of fused-ring (bicyclic) bond motifs is 2. The summed E-state index contributed by atoms with van der Waals surface area (Å²) in [5, 5.41) is 6.57. The van der Waals surface area contributed by atoms with Gasteiger partial charge in [-0.05, 0) is 88.0 Å². The molecule has 0 fully saturated rings. The molecule has 5 aromatic rings. The number of benzene rings is 5. The van der Waals surface area contributed by atoms with Crippen molar-refractivity contribution in [1.29, 1.82) is 0 Å². The number of rotatable bonds is 9. The highest BCUT2D eigenvalue weighted by molar-refractivity contribution is 6.42. The lowest BCUT2D eigenvalue weighted by molar-refractivity contribution is -0.162. The summed E-state index contributed by atoms with van der Waals surface area (Å²) in [5.74, 6) is -2.93. The molecule has 8 nitrogen and oxygen atoms in total. The van der Waals surface area contributed by atoms with Crippen LogP contribution in [0, 0.1) is 13.8 Å². The first-order chi connectivity index (χ1) is 21.7. The van der Waals surface area contributed by atoms with Crippen LogP contribution in [0.25, 0.3) is 43.1 Å². The number of amides is 4. The lowest BCUT2D eigenvalue weighted by Gasteiger charge is -2.30. The van der Waals surface area contributed by atoms with E-state index < -0.39 is 17.8 Å². The summed E-state index contributed by atoms with van der Waals surface area (Å²) in [6.07, 6.45) is 7.24. The quantitative estimate of drug-likeness (QED) is 0.0569. The second-order valence-electron chi connectivity index (χ2n) is 12.1. The van der Waals surface area contributed by atoms with Crippen LogP contribution in [0.5, 0.6) is 0 Å². The molecule has 8 heteroatoms. The van der Waals surface area contributed by atoms with Crippen LogP contribution in [0.15, 0.2) is 49.1 Å². The third kappa shape index (κ3) is 4.01. The number of aryl methyl sites for hydroxylation is 2. The number of carbonyl (C=O) groups excluding carboxylic acids is 5. The van der Waals surface area contributed by atoms with Crippen molar-refractivity contribution in [2.45, 2.75) is 59.3 Å². The lowest BCUT2D eigenvalue weighted by Crippen LogP contribution is -2.41. The van der Waals surface area contributed by atoms with Gasteiger partial charge in [-0.15, -0.1) is 0 Å². The Kier molecular flexibility index (Phi) is 6.69. The van der Waals surface area contributed by atoms with Crippen molar-refractivity contribution < 1.29 is 28.8 Å². The first-order valence-corrected chi connectivity index (χ1v) is 15.5. The molecule has 0 aliphatic carbocycles. The van der Waals surface area contributed by atoms with Gasteiger partial charge in [0, 0.05) is 34.5 Å². The topological polar surface area (TPSA) is 101 Å². The van der Waals surface area contributed by atoms with E-state index in [0.29, 0.717) is 33.5 Å². The van der Waals surface area contributed by atoms with E-state index in [9.17, 15) is 24.0 Å². The average Bonchev–Trinajstić information content (AvgIpc) is 3.03. The molecule has 0 radical (unpaired) electrons. The maximum Gasteiger partial charge on any atom is 0.356 e. The summed E-state index contributed by atoms with van der Waals surface area (Å²) >= 11 is 0. The molecule has 0 saturated heterocycles. The highest BCUT2D eigenvalue weighted by Crippen LogP contribution is 2.48. The van der Waals surface area contributed by atoms with Crippen molar-refractivity contribution in [3.63, 3.8) is 0 Å². The predicted octanol–water partition coefficient (Wildman–Crippen LogP) is 7.55. The lowest BCUT2D eigenvalue weighted by atomic mass is 9.80. The molecule has 5 aromatic carbocycles. The van der Waals surface area contributed by atoms with Crippen molar-refractivity contribution in [2.75, 3.05) is 6.54 Å². The molecule has 45 heavy (non-hydrogen) atoms. The number of unbranched alkanes of at least 4 members (excludes halogenated alkanes) is 5. The van der Waals surface area contributed by atoms with Crippen molar-refractivity contribution in [3.8, 4) is 0 Å². The fourth-order valence-electron chi connectivity index (χ4n) is 7.36. The standard InChI is InChI=1S/C37H32N2O6/c1-5-7-8-9-10-11-16-38-34(41)23-14-12-21-29-20(4)18-26-31-24(36(43)39(37(26)44)45-27(40)6-2)15-13-22(33(29)31)28-19(3)17-25(35(38)42)30(23)32(21)28/h6,12-15,17-18H,2,5,7-11,16H2,1,3-4H3. The molecule has 0 unspecified atom stereocenters. The van der Waals surface area contributed by atoms with Crippen molar-refractivity contribution in [2.24, 2.45) is 0 Å². The first kappa shape index (κ1) is 28.6. The Morgan fingerprint density at radius 3 is 1.73 bits per heavy atom. The van der Waals surface area contributed by atoms with Gasteiger partial charge in [-0.2, -0.15) is 0 Å². The fraction of sp³-hybridized carbons (Fsp3) is 0.270. The highest BCUT2D eigenvalue weighted by Gasteiger charge is 2.39. The Balaban J connectivity index is 1.44. The van der Waals surface area contributed by atoms with E-state index >= 15 is 0 Å². The van der Waals surface area contributed by atoms with Gasteiger partial charge in [0.05, 0.1) is 11.1 Å². The van der Waals surface area contributed by atoms with Gasteiger partial charge < -0.3 is 4.84 Å². The minimum absolute atomic E-state index is 0.240. The number of imide groups is 2. The van der Waals surface area contributed by atoms with Crippen LogP contribution in [-0.2, 0) is 9.63 Å². The van der Waals surface area contributed by atoms with Crippen molar-refractivity contribution in [1.82, 2.24) is 9.96 Å². The maximum absolute atomic E-state index is 13.9. The largest absolute Gasteiger partial charge is 0.356 e. The molecule has 0 N–H and O–H groups in total. The Morgan fingerprint density at radius 1 is 0.667 bits per heavy atom. The molecule has 2 aliphatic rings. The van der Waals surface area contributed by atoms with Gasteiger partial charge in [0.25, 0.3) is 23.6 Å². The van der Waals surface area contributed by atoms with E-state index in [0.717, 1.165) is 81.6 Å². The van der Waals surface area contributed by atoms with Crippen LogP contribution in [0.3, 0.4) is 0 Å². The molecule has 226 valence electrons. The molecule has 7 rings (SSSR count). The SMILES string of the molecule is C=CC(=O)ON1C(=O)c2ccc3c4c(C)cc5c6c(ccc(c7c(C)cc(c2c37)C1=O)c64)C(=O)N(CCCCCCCC)C5=O. The minimum Gasteiger partial charge on any atom is -0.325 e. The molecule has 0 aromatic heterocycles. The van der Waals surface area contributed by atoms with E-state index in [-0.39, 0.29) is 22.9 Å². The Hall–Kier alpha value is -5.11.